The lowest BCUT2D eigenvalue weighted by molar-refractivity contribution is -0.273. The molecule has 6 rings (SSSR count). The highest BCUT2D eigenvalue weighted by Crippen LogP contribution is 2.71. The van der Waals surface area contributed by atoms with Crippen molar-refractivity contribution in [1.82, 2.24) is 0 Å². The molecule has 1 N–H and O–H groups in total. The molecule has 6 fully saturated rings. The molecule has 30 heavy (non-hydrogen) atoms. The van der Waals surface area contributed by atoms with Gasteiger partial charge >= 0.3 is 0 Å². The second-order valence-corrected chi connectivity index (χ2v) is 13.1. The zero-order chi connectivity index (χ0) is 20.9. The van der Waals surface area contributed by atoms with Gasteiger partial charge in [-0.2, -0.15) is 0 Å². The molecule has 170 valence electrons. The Morgan fingerprint density at radius 1 is 0.833 bits per heavy atom. The quantitative estimate of drug-likeness (QED) is 0.543. The molecule has 2 saturated heterocycles. The van der Waals surface area contributed by atoms with Gasteiger partial charge < -0.3 is 14.6 Å². The number of hydrogen-bond donors (Lipinski definition) is 1. The van der Waals surface area contributed by atoms with Gasteiger partial charge in [-0.3, -0.25) is 0 Å². The highest BCUT2D eigenvalue weighted by Gasteiger charge is 2.69. The van der Waals surface area contributed by atoms with Gasteiger partial charge in [-0.15, -0.1) is 0 Å². The molecule has 12 atom stereocenters. The average Bonchev–Trinajstić information content (AvgIpc) is 3.16. The fraction of sp³-hybridized carbons (Fsp3) is 1.00. The van der Waals surface area contributed by atoms with Crippen molar-refractivity contribution in [3.05, 3.63) is 0 Å². The van der Waals surface area contributed by atoms with E-state index in [1.807, 2.05) is 0 Å². The van der Waals surface area contributed by atoms with Crippen molar-refractivity contribution in [2.45, 2.75) is 110 Å². The Bertz CT molecular complexity index is 684. The Kier molecular flexibility index (Phi) is 4.58. The van der Waals surface area contributed by atoms with Crippen LogP contribution in [0.2, 0.25) is 0 Å². The minimum absolute atomic E-state index is 0.0389. The fourth-order valence-electron chi connectivity index (χ4n) is 10.3. The van der Waals surface area contributed by atoms with E-state index in [4.69, 9.17) is 9.47 Å². The van der Waals surface area contributed by atoms with E-state index in [0.29, 0.717) is 34.7 Å². The summed E-state index contributed by atoms with van der Waals surface area (Å²) in [6.45, 7) is 10.9. The lowest BCUT2D eigenvalue weighted by Gasteiger charge is -2.61. The van der Waals surface area contributed by atoms with Crippen LogP contribution in [0, 0.1) is 52.3 Å². The molecule has 3 nitrogen and oxygen atoms in total. The Morgan fingerprint density at radius 2 is 1.63 bits per heavy atom. The predicted octanol–water partition coefficient (Wildman–Crippen LogP) is 5.79. The maximum Gasteiger partial charge on any atom is 0.171 e. The molecular weight excluding hydrogens is 372 g/mol. The number of hydrogen-bond acceptors (Lipinski definition) is 3. The number of aliphatic hydroxyl groups excluding tert-OH is 1. The first-order valence-corrected chi connectivity index (χ1v) is 13.3. The molecule has 2 heterocycles. The summed E-state index contributed by atoms with van der Waals surface area (Å²) in [6, 6.07) is 0. The Hall–Kier alpha value is -0.120. The van der Waals surface area contributed by atoms with Crippen molar-refractivity contribution in [3.63, 3.8) is 0 Å². The van der Waals surface area contributed by atoms with E-state index in [1.165, 1.54) is 44.9 Å². The largest absolute Gasteiger partial charge is 0.393 e. The maximum atomic E-state index is 10.3. The Morgan fingerprint density at radius 3 is 2.40 bits per heavy atom. The van der Waals surface area contributed by atoms with Gasteiger partial charge in [0.2, 0.25) is 0 Å². The normalized spacial score (nSPS) is 62.5. The highest BCUT2D eigenvalue weighted by molar-refractivity contribution is 5.15. The van der Waals surface area contributed by atoms with E-state index in [0.717, 1.165) is 49.5 Å². The monoisotopic (exact) mass is 416 g/mol. The first-order chi connectivity index (χ1) is 14.3. The van der Waals surface area contributed by atoms with E-state index in [1.54, 1.807) is 0 Å². The van der Waals surface area contributed by atoms with E-state index in [-0.39, 0.29) is 11.9 Å². The van der Waals surface area contributed by atoms with Crippen LogP contribution in [0.25, 0.3) is 0 Å². The molecule has 4 aliphatic carbocycles. The van der Waals surface area contributed by atoms with Gasteiger partial charge in [0.1, 0.15) is 0 Å². The summed E-state index contributed by atoms with van der Waals surface area (Å²) in [7, 11) is 0. The summed E-state index contributed by atoms with van der Waals surface area (Å²) < 4.78 is 13.4. The number of ether oxygens (including phenoxy) is 2. The van der Waals surface area contributed by atoms with Crippen molar-refractivity contribution in [3.8, 4) is 0 Å². The van der Waals surface area contributed by atoms with Crippen LogP contribution in [0.1, 0.15) is 91.9 Å². The summed E-state index contributed by atoms with van der Waals surface area (Å²) in [4.78, 5) is 0. The number of fused-ring (bicyclic) bond motifs is 7. The van der Waals surface area contributed by atoms with Crippen LogP contribution in [0.3, 0.4) is 0 Å². The van der Waals surface area contributed by atoms with Gasteiger partial charge in [-0.25, -0.2) is 0 Å². The van der Waals surface area contributed by atoms with Crippen LogP contribution in [-0.4, -0.2) is 29.7 Å². The van der Waals surface area contributed by atoms with Gasteiger partial charge in [0.25, 0.3) is 0 Å². The third-order valence-corrected chi connectivity index (χ3v) is 11.9. The van der Waals surface area contributed by atoms with Gasteiger partial charge in [-0.05, 0) is 104 Å². The first-order valence-electron chi connectivity index (χ1n) is 13.3. The Labute approximate surface area is 183 Å². The molecule has 0 radical (unpaired) electrons. The molecule has 1 spiro atoms. The van der Waals surface area contributed by atoms with Gasteiger partial charge in [-0.1, -0.05) is 27.7 Å². The average molecular weight is 417 g/mol. The van der Waals surface area contributed by atoms with Gasteiger partial charge in [0.15, 0.2) is 5.79 Å². The summed E-state index contributed by atoms with van der Waals surface area (Å²) in [5.41, 5.74) is 0.899. The first kappa shape index (κ1) is 20.5. The van der Waals surface area contributed by atoms with E-state index >= 15 is 0 Å². The van der Waals surface area contributed by atoms with Crippen LogP contribution >= 0.6 is 0 Å². The topological polar surface area (TPSA) is 38.7 Å². The van der Waals surface area contributed by atoms with Gasteiger partial charge in [0, 0.05) is 12.3 Å². The zero-order valence-corrected chi connectivity index (χ0v) is 19.7. The zero-order valence-electron chi connectivity index (χ0n) is 19.7. The standard InChI is InChI=1S/C27H44O3/c1-16-7-12-27(29-15-16)17(2)24-23(30-27)14-22-20-6-5-18-13-19(28)8-10-25(18,3)21(20)9-11-26(22,24)4/h16-24,28H,5-15H2,1-4H3/t16?,17?,18-,19+,20?,21?,22?,23+,24?,25+,26+,27-/m1/s1. The highest BCUT2D eigenvalue weighted by atomic mass is 16.7. The maximum absolute atomic E-state index is 10.3. The van der Waals surface area contributed by atoms with Crippen molar-refractivity contribution >= 4 is 0 Å². The minimum atomic E-state index is -0.282. The van der Waals surface area contributed by atoms with E-state index in [2.05, 4.69) is 27.7 Å². The molecular formula is C27H44O3. The van der Waals surface area contributed by atoms with E-state index < -0.39 is 0 Å². The molecule has 0 bridgehead atoms. The number of rotatable bonds is 0. The molecule has 2 aliphatic heterocycles. The van der Waals surface area contributed by atoms with Crippen molar-refractivity contribution in [2.75, 3.05) is 6.61 Å². The molecule has 3 heteroatoms. The summed E-state index contributed by atoms with van der Waals surface area (Å²) >= 11 is 0. The predicted molar refractivity (Wildman–Crippen MR) is 118 cm³/mol. The molecule has 0 amide bonds. The molecule has 0 aromatic rings. The summed E-state index contributed by atoms with van der Waals surface area (Å²) in [5, 5.41) is 10.3. The minimum Gasteiger partial charge on any atom is -0.393 e. The lowest BCUT2D eigenvalue weighted by Crippen LogP contribution is -2.55. The summed E-state index contributed by atoms with van der Waals surface area (Å²) in [5.74, 6) is 4.93. The molecule has 0 aromatic carbocycles. The SMILES string of the molecule is CC1CC[C@@]2(OC1)O[C@H]1CC3C4CC[C@@H]5C[C@@H](O)CC[C@]5(C)C4CC[C@]3(C)C1C2C. The molecule has 6 aliphatic rings. The van der Waals surface area contributed by atoms with Crippen molar-refractivity contribution in [1.29, 1.82) is 0 Å². The third-order valence-electron chi connectivity index (χ3n) is 11.9. The summed E-state index contributed by atoms with van der Waals surface area (Å²) in [6.07, 6.45) is 12.9. The van der Waals surface area contributed by atoms with E-state index in [9.17, 15) is 5.11 Å². The third kappa shape index (κ3) is 2.61. The number of aliphatic hydroxyl groups is 1. The smallest absolute Gasteiger partial charge is 0.171 e. The van der Waals surface area contributed by atoms with Gasteiger partial charge in [0.05, 0.1) is 18.8 Å². The second kappa shape index (κ2) is 6.70. The molecule has 6 unspecified atom stereocenters. The van der Waals surface area contributed by atoms with Crippen LogP contribution < -0.4 is 0 Å². The lowest BCUT2D eigenvalue weighted by atomic mass is 9.44. The van der Waals surface area contributed by atoms with Crippen molar-refractivity contribution in [2.24, 2.45) is 52.3 Å². The van der Waals surface area contributed by atoms with Crippen LogP contribution in [0.5, 0.6) is 0 Å². The molecule has 4 saturated carbocycles. The Balaban J connectivity index is 1.26. The fourth-order valence-corrected chi connectivity index (χ4v) is 10.3. The van der Waals surface area contributed by atoms with Crippen LogP contribution in [0.15, 0.2) is 0 Å². The van der Waals surface area contributed by atoms with Crippen LogP contribution in [0.4, 0.5) is 0 Å². The molecule has 0 aromatic heterocycles. The van der Waals surface area contributed by atoms with Crippen molar-refractivity contribution < 1.29 is 14.6 Å². The second-order valence-electron chi connectivity index (χ2n) is 13.1. The van der Waals surface area contributed by atoms with Crippen LogP contribution in [-0.2, 0) is 9.47 Å².